The van der Waals surface area contributed by atoms with E-state index in [4.69, 9.17) is 4.98 Å². The summed E-state index contributed by atoms with van der Waals surface area (Å²) in [6.45, 7) is 2.31. The molecule has 2 unspecified atom stereocenters. The maximum atomic E-state index is 14.1. The maximum absolute atomic E-state index is 14.1. The molecule has 3 aromatic heterocycles. The van der Waals surface area contributed by atoms with Crippen molar-refractivity contribution in [3.63, 3.8) is 0 Å². The topological polar surface area (TPSA) is 66.5 Å². The Bertz CT molecular complexity index is 1290. The molecule has 31 heavy (non-hydrogen) atoms. The largest absolute Gasteiger partial charge is 0.366 e. The lowest BCUT2D eigenvalue weighted by Gasteiger charge is -2.47. The van der Waals surface area contributed by atoms with E-state index in [2.05, 4.69) is 27.2 Å². The predicted molar refractivity (Wildman–Crippen MR) is 117 cm³/mol. The molecule has 2 N–H and O–H groups in total. The predicted octanol–water partition coefficient (Wildman–Crippen LogP) is 5.69. The third-order valence-corrected chi connectivity index (χ3v) is 7.33. The van der Waals surface area contributed by atoms with Gasteiger partial charge in [0.2, 0.25) is 0 Å². The first-order valence-corrected chi connectivity index (χ1v) is 10.9. The van der Waals surface area contributed by atoms with Gasteiger partial charge in [0, 0.05) is 28.6 Å². The van der Waals surface area contributed by atoms with E-state index in [-0.39, 0.29) is 5.82 Å². The number of aromatic nitrogens is 4. The van der Waals surface area contributed by atoms with Gasteiger partial charge in [0.25, 0.3) is 0 Å². The van der Waals surface area contributed by atoms with E-state index >= 15 is 0 Å². The van der Waals surface area contributed by atoms with Crippen LogP contribution in [0.25, 0.3) is 33.3 Å². The number of hydrogen-bond acceptors (Lipinski definition) is 4. The quantitative estimate of drug-likeness (QED) is 0.448. The van der Waals surface area contributed by atoms with Crippen molar-refractivity contribution >= 4 is 27.8 Å². The molecule has 0 aliphatic heterocycles. The van der Waals surface area contributed by atoms with Crippen molar-refractivity contribution in [2.75, 3.05) is 5.32 Å². The van der Waals surface area contributed by atoms with Gasteiger partial charge < -0.3 is 10.3 Å². The minimum absolute atomic E-state index is 0.309. The molecular formula is C24H23F2N5. The Kier molecular flexibility index (Phi) is 4.20. The van der Waals surface area contributed by atoms with E-state index in [1.54, 1.807) is 12.3 Å². The van der Waals surface area contributed by atoms with E-state index < -0.39 is 5.82 Å². The fourth-order valence-corrected chi connectivity index (χ4v) is 5.65. The molecule has 4 aromatic rings. The van der Waals surface area contributed by atoms with E-state index in [1.807, 2.05) is 0 Å². The zero-order chi connectivity index (χ0) is 21.1. The average Bonchev–Trinajstić information content (AvgIpc) is 3.19. The molecule has 3 saturated carbocycles. The van der Waals surface area contributed by atoms with Crippen molar-refractivity contribution in [3.8, 4) is 11.4 Å². The Morgan fingerprint density at radius 1 is 0.968 bits per heavy atom. The molecular weight excluding hydrogens is 396 g/mol. The third-order valence-electron chi connectivity index (χ3n) is 7.33. The molecule has 0 radical (unpaired) electrons. The second kappa shape index (κ2) is 6.97. The number of aromatic amines is 1. The van der Waals surface area contributed by atoms with Gasteiger partial charge in [-0.25, -0.2) is 23.7 Å². The summed E-state index contributed by atoms with van der Waals surface area (Å²) in [5, 5.41) is 4.97. The van der Waals surface area contributed by atoms with Gasteiger partial charge in [-0.2, -0.15) is 0 Å². The summed E-state index contributed by atoms with van der Waals surface area (Å²) < 4.78 is 28.0. The van der Waals surface area contributed by atoms with Crippen LogP contribution in [0.15, 0.2) is 36.7 Å². The summed E-state index contributed by atoms with van der Waals surface area (Å²) in [6.07, 6.45) is 7.97. The van der Waals surface area contributed by atoms with Crippen molar-refractivity contribution in [1.29, 1.82) is 0 Å². The standard InChI is InChI=1S/C24H23F2N5/c1-12-13-2-4-14(5-3-13)21(12)30-23-18-8-15(25)6-7-20(18)29-24(31-23)19-11-28-22-17(19)9-16(26)10-27-22/h6-14,21H,2-5H2,1H3,(H,27,28)(H,29,30,31). The number of benzene rings is 1. The number of nitrogens with zero attached hydrogens (tertiary/aromatic N) is 3. The van der Waals surface area contributed by atoms with Crippen LogP contribution >= 0.6 is 0 Å². The van der Waals surface area contributed by atoms with Gasteiger partial charge in [0.05, 0.1) is 11.7 Å². The van der Waals surface area contributed by atoms with E-state index in [0.717, 1.165) is 5.92 Å². The number of nitrogens with one attached hydrogen (secondary N) is 2. The number of H-pyrrole nitrogens is 1. The number of hydrogen-bond donors (Lipinski definition) is 2. The number of anilines is 1. The maximum Gasteiger partial charge on any atom is 0.164 e. The molecule has 7 rings (SSSR count). The molecule has 3 fully saturated rings. The Hall–Kier alpha value is -3.09. The molecule has 0 spiro atoms. The monoisotopic (exact) mass is 419 g/mol. The highest BCUT2D eigenvalue weighted by Gasteiger charge is 2.41. The minimum Gasteiger partial charge on any atom is -0.366 e. The fourth-order valence-electron chi connectivity index (χ4n) is 5.65. The Labute approximate surface area is 178 Å². The second-order valence-electron chi connectivity index (χ2n) is 9.01. The lowest BCUT2D eigenvalue weighted by atomic mass is 9.62. The van der Waals surface area contributed by atoms with Crippen molar-refractivity contribution in [3.05, 3.63) is 48.3 Å². The van der Waals surface area contributed by atoms with Gasteiger partial charge in [-0.05, 0) is 67.7 Å². The average molecular weight is 419 g/mol. The van der Waals surface area contributed by atoms with Gasteiger partial charge in [0.15, 0.2) is 5.82 Å². The molecule has 2 atom stereocenters. The molecule has 158 valence electrons. The lowest BCUT2D eigenvalue weighted by molar-refractivity contribution is 0.0929. The highest BCUT2D eigenvalue weighted by atomic mass is 19.1. The normalized spacial score (nSPS) is 25.4. The molecule has 1 aromatic carbocycles. The summed E-state index contributed by atoms with van der Waals surface area (Å²) in [5.41, 5.74) is 1.91. The van der Waals surface area contributed by atoms with Gasteiger partial charge in [-0.15, -0.1) is 0 Å². The van der Waals surface area contributed by atoms with E-state index in [1.165, 1.54) is 50.1 Å². The van der Waals surface area contributed by atoms with Crippen LogP contribution < -0.4 is 5.32 Å². The van der Waals surface area contributed by atoms with Crippen molar-refractivity contribution < 1.29 is 8.78 Å². The van der Waals surface area contributed by atoms with Crippen LogP contribution in [0.3, 0.4) is 0 Å². The van der Waals surface area contributed by atoms with Crippen LogP contribution in [0, 0.1) is 29.4 Å². The summed E-state index contributed by atoms with van der Waals surface area (Å²) >= 11 is 0. The van der Waals surface area contributed by atoms with Crippen LogP contribution in [0.1, 0.15) is 32.6 Å². The molecule has 0 amide bonds. The lowest BCUT2D eigenvalue weighted by Crippen LogP contribution is -2.47. The molecule has 3 aliphatic carbocycles. The van der Waals surface area contributed by atoms with Crippen molar-refractivity contribution in [2.45, 2.75) is 38.6 Å². The van der Waals surface area contributed by atoms with Crippen LogP contribution in [0.2, 0.25) is 0 Å². The first-order valence-electron chi connectivity index (χ1n) is 10.9. The highest BCUT2D eigenvalue weighted by Crippen LogP contribution is 2.46. The Morgan fingerprint density at radius 2 is 1.74 bits per heavy atom. The van der Waals surface area contributed by atoms with Gasteiger partial charge in [0.1, 0.15) is 23.1 Å². The van der Waals surface area contributed by atoms with Crippen LogP contribution in [0.5, 0.6) is 0 Å². The smallest absolute Gasteiger partial charge is 0.164 e. The first kappa shape index (κ1) is 18.7. The summed E-state index contributed by atoms with van der Waals surface area (Å²) in [6, 6.07) is 6.31. The molecule has 7 heteroatoms. The van der Waals surface area contributed by atoms with Crippen LogP contribution in [-0.4, -0.2) is 26.0 Å². The SMILES string of the molecule is CC1C2CCC(CC2)C1Nc1nc(-c2c[nH]c3ncc(F)cc23)nc2ccc(F)cc12. The van der Waals surface area contributed by atoms with Crippen LogP contribution in [-0.2, 0) is 0 Å². The third kappa shape index (κ3) is 3.06. The van der Waals surface area contributed by atoms with Gasteiger partial charge >= 0.3 is 0 Å². The molecule has 5 nitrogen and oxygen atoms in total. The number of rotatable bonds is 3. The molecule has 2 bridgehead atoms. The van der Waals surface area contributed by atoms with Crippen molar-refractivity contribution in [2.24, 2.45) is 17.8 Å². The first-order chi connectivity index (χ1) is 15.1. The van der Waals surface area contributed by atoms with Gasteiger partial charge in [-0.1, -0.05) is 6.92 Å². The van der Waals surface area contributed by atoms with E-state index in [9.17, 15) is 8.78 Å². The van der Waals surface area contributed by atoms with Crippen LogP contribution in [0.4, 0.5) is 14.6 Å². The molecule has 3 aliphatic rings. The molecule has 0 saturated heterocycles. The second-order valence-corrected chi connectivity index (χ2v) is 9.01. The summed E-state index contributed by atoms with van der Waals surface area (Å²) in [4.78, 5) is 16.7. The number of pyridine rings is 1. The summed E-state index contributed by atoms with van der Waals surface area (Å²) in [5.74, 6) is 2.25. The zero-order valence-electron chi connectivity index (χ0n) is 17.2. The van der Waals surface area contributed by atoms with E-state index in [0.29, 0.717) is 57.0 Å². The summed E-state index contributed by atoms with van der Waals surface area (Å²) in [7, 11) is 0. The number of fused-ring (bicyclic) bond motifs is 5. The Morgan fingerprint density at radius 3 is 2.55 bits per heavy atom. The Balaban J connectivity index is 1.50. The minimum atomic E-state index is -0.415. The fraction of sp³-hybridized carbons (Fsp3) is 0.375. The highest BCUT2D eigenvalue weighted by molar-refractivity contribution is 5.95. The van der Waals surface area contributed by atoms with Gasteiger partial charge in [-0.3, -0.25) is 0 Å². The number of halogens is 2. The molecule has 3 heterocycles. The van der Waals surface area contributed by atoms with Crippen molar-refractivity contribution in [1.82, 2.24) is 19.9 Å². The zero-order valence-corrected chi connectivity index (χ0v) is 17.2.